The molecule has 2 aromatic carbocycles. The van der Waals surface area contributed by atoms with Gasteiger partial charge in [0, 0.05) is 13.5 Å². The van der Waals surface area contributed by atoms with Crippen molar-refractivity contribution in [3.63, 3.8) is 0 Å². The van der Waals surface area contributed by atoms with Crippen molar-refractivity contribution in [1.29, 1.82) is 0 Å². The molecule has 0 saturated carbocycles. The van der Waals surface area contributed by atoms with Crippen LogP contribution in [-0.2, 0) is 22.7 Å². The summed E-state index contributed by atoms with van der Waals surface area (Å²) in [5, 5.41) is 3.48. The van der Waals surface area contributed by atoms with Crippen molar-refractivity contribution in [1.82, 2.24) is 10.3 Å². The molecule has 122 valence electrons. The average Bonchev–Trinajstić information content (AvgIpc) is 3.01. The minimum atomic E-state index is -0.389. The van der Waals surface area contributed by atoms with Crippen molar-refractivity contribution >= 4 is 33.4 Å². The molecule has 0 aliphatic carbocycles. The lowest BCUT2D eigenvalue weighted by Crippen LogP contribution is -2.18. The van der Waals surface area contributed by atoms with Gasteiger partial charge in [0.25, 0.3) is 0 Å². The molecule has 6 heteroatoms. The SMILES string of the molecule is CC(=O)NCc1ccc(C(=O)OCc2nc3ccccc3s2)cc1. The molecule has 0 radical (unpaired) electrons. The first kappa shape index (κ1) is 16.1. The van der Waals surface area contributed by atoms with E-state index in [-0.39, 0.29) is 18.5 Å². The van der Waals surface area contributed by atoms with Gasteiger partial charge in [0.2, 0.25) is 5.91 Å². The van der Waals surface area contributed by atoms with Crippen molar-refractivity contribution in [2.75, 3.05) is 0 Å². The third kappa shape index (κ3) is 3.97. The van der Waals surface area contributed by atoms with Crippen molar-refractivity contribution < 1.29 is 14.3 Å². The van der Waals surface area contributed by atoms with Crippen LogP contribution in [0.25, 0.3) is 10.2 Å². The van der Waals surface area contributed by atoms with E-state index in [0.29, 0.717) is 12.1 Å². The Bertz CT molecular complexity index is 838. The molecule has 1 heterocycles. The maximum Gasteiger partial charge on any atom is 0.338 e. The number of hydrogen-bond acceptors (Lipinski definition) is 5. The third-order valence-electron chi connectivity index (χ3n) is 3.40. The molecule has 0 saturated heterocycles. The van der Waals surface area contributed by atoms with Crippen LogP contribution in [0.3, 0.4) is 0 Å². The van der Waals surface area contributed by atoms with E-state index < -0.39 is 0 Å². The lowest BCUT2D eigenvalue weighted by atomic mass is 10.1. The highest BCUT2D eigenvalue weighted by Gasteiger charge is 2.10. The summed E-state index contributed by atoms with van der Waals surface area (Å²) in [6, 6.07) is 14.8. The fourth-order valence-electron chi connectivity index (χ4n) is 2.18. The van der Waals surface area contributed by atoms with Crippen molar-refractivity contribution in [3.8, 4) is 0 Å². The summed E-state index contributed by atoms with van der Waals surface area (Å²) < 4.78 is 6.40. The Morgan fingerprint density at radius 3 is 2.58 bits per heavy atom. The number of thiazole rings is 1. The number of esters is 1. The first-order valence-electron chi connectivity index (χ1n) is 7.47. The molecule has 0 aliphatic heterocycles. The summed E-state index contributed by atoms with van der Waals surface area (Å²) in [4.78, 5) is 27.4. The van der Waals surface area contributed by atoms with E-state index in [0.717, 1.165) is 20.8 Å². The average molecular weight is 340 g/mol. The van der Waals surface area contributed by atoms with Gasteiger partial charge in [0.15, 0.2) is 0 Å². The van der Waals surface area contributed by atoms with E-state index in [2.05, 4.69) is 10.3 Å². The Morgan fingerprint density at radius 1 is 1.12 bits per heavy atom. The highest BCUT2D eigenvalue weighted by Crippen LogP contribution is 2.22. The first-order valence-corrected chi connectivity index (χ1v) is 8.28. The minimum absolute atomic E-state index is 0.0886. The van der Waals surface area contributed by atoms with Crippen molar-refractivity contribution in [2.24, 2.45) is 0 Å². The lowest BCUT2D eigenvalue weighted by molar-refractivity contribution is -0.119. The summed E-state index contributed by atoms with van der Waals surface area (Å²) >= 11 is 1.52. The second-order valence-corrected chi connectivity index (χ2v) is 6.37. The molecule has 24 heavy (non-hydrogen) atoms. The number of amides is 1. The number of hydrogen-bond donors (Lipinski definition) is 1. The van der Waals surface area contributed by atoms with Crippen LogP contribution >= 0.6 is 11.3 Å². The molecule has 5 nitrogen and oxygen atoms in total. The van der Waals surface area contributed by atoms with Crippen LogP contribution in [0.5, 0.6) is 0 Å². The van der Waals surface area contributed by atoms with E-state index >= 15 is 0 Å². The molecular formula is C18H16N2O3S. The van der Waals surface area contributed by atoms with Crippen molar-refractivity contribution in [3.05, 3.63) is 64.7 Å². The molecule has 3 aromatic rings. The summed E-state index contributed by atoms with van der Waals surface area (Å²) in [5.41, 5.74) is 2.31. The molecule has 1 aromatic heterocycles. The monoisotopic (exact) mass is 340 g/mol. The predicted molar refractivity (Wildman–Crippen MR) is 92.7 cm³/mol. The first-order chi connectivity index (χ1) is 11.6. The number of carbonyl (C=O) groups is 2. The van der Waals surface area contributed by atoms with Gasteiger partial charge in [-0.1, -0.05) is 24.3 Å². The molecule has 0 aliphatic rings. The van der Waals surface area contributed by atoms with Crippen LogP contribution in [0, 0.1) is 0 Å². The maximum atomic E-state index is 12.1. The quantitative estimate of drug-likeness (QED) is 0.724. The second kappa shape index (κ2) is 7.23. The number of para-hydroxylation sites is 1. The molecule has 1 N–H and O–H groups in total. The maximum absolute atomic E-state index is 12.1. The van der Waals surface area contributed by atoms with Crippen LogP contribution in [0.1, 0.15) is 27.9 Å². The van der Waals surface area contributed by atoms with E-state index in [9.17, 15) is 9.59 Å². The minimum Gasteiger partial charge on any atom is -0.455 e. The molecule has 0 atom stereocenters. The van der Waals surface area contributed by atoms with Gasteiger partial charge >= 0.3 is 5.97 Å². The lowest BCUT2D eigenvalue weighted by Gasteiger charge is -2.05. The molecule has 0 bridgehead atoms. The van der Waals surface area contributed by atoms with Gasteiger partial charge in [-0.25, -0.2) is 9.78 Å². The molecule has 0 spiro atoms. The number of aromatic nitrogens is 1. The van der Waals surface area contributed by atoms with Gasteiger partial charge in [-0.2, -0.15) is 0 Å². The standard InChI is InChI=1S/C18H16N2O3S/c1-12(21)19-10-13-6-8-14(9-7-13)18(22)23-11-17-20-15-4-2-3-5-16(15)24-17/h2-9H,10-11H2,1H3,(H,19,21). The van der Waals surface area contributed by atoms with Crippen LogP contribution in [0.2, 0.25) is 0 Å². The molecule has 0 unspecified atom stereocenters. The number of ether oxygens (including phenoxy) is 1. The Balaban J connectivity index is 1.59. The number of carbonyl (C=O) groups excluding carboxylic acids is 2. The van der Waals surface area contributed by atoms with Crippen LogP contribution < -0.4 is 5.32 Å². The van der Waals surface area contributed by atoms with E-state index in [1.54, 1.807) is 24.3 Å². The molecule has 0 fully saturated rings. The van der Waals surface area contributed by atoms with E-state index in [1.807, 2.05) is 24.3 Å². The van der Waals surface area contributed by atoms with Crippen LogP contribution in [0.4, 0.5) is 0 Å². The summed E-state index contributed by atoms with van der Waals surface area (Å²) in [5.74, 6) is -0.477. The molecule has 1 amide bonds. The van der Waals surface area contributed by atoms with Gasteiger partial charge in [-0.3, -0.25) is 4.79 Å². The number of benzene rings is 2. The Labute approximate surface area is 143 Å². The zero-order chi connectivity index (χ0) is 16.9. The third-order valence-corrected chi connectivity index (χ3v) is 4.41. The predicted octanol–water partition coefficient (Wildman–Crippen LogP) is 3.29. The summed E-state index contributed by atoms with van der Waals surface area (Å²) in [7, 11) is 0. The van der Waals surface area contributed by atoms with Gasteiger partial charge in [0.1, 0.15) is 11.6 Å². The number of nitrogens with zero attached hydrogens (tertiary/aromatic N) is 1. The zero-order valence-corrected chi connectivity index (χ0v) is 13.9. The van der Waals surface area contributed by atoms with Crippen LogP contribution in [-0.4, -0.2) is 16.9 Å². The van der Waals surface area contributed by atoms with Gasteiger partial charge in [0.05, 0.1) is 15.8 Å². The highest BCUT2D eigenvalue weighted by molar-refractivity contribution is 7.18. The van der Waals surface area contributed by atoms with Crippen molar-refractivity contribution in [2.45, 2.75) is 20.1 Å². The molecular weight excluding hydrogens is 324 g/mol. The van der Waals surface area contributed by atoms with Gasteiger partial charge in [-0.15, -0.1) is 11.3 Å². The largest absolute Gasteiger partial charge is 0.455 e. The van der Waals surface area contributed by atoms with E-state index in [1.165, 1.54) is 18.3 Å². The van der Waals surface area contributed by atoms with Crippen LogP contribution in [0.15, 0.2) is 48.5 Å². The Kier molecular flexibility index (Phi) is 4.86. The fourth-order valence-corrected chi connectivity index (χ4v) is 3.06. The fraction of sp³-hybridized carbons (Fsp3) is 0.167. The normalized spacial score (nSPS) is 10.5. The van der Waals surface area contributed by atoms with Gasteiger partial charge in [-0.05, 0) is 29.8 Å². The zero-order valence-electron chi connectivity index (χ0n) is 13.1. The number of nitrogens with one attached hydrogen (secondary N) is 1. The summed E-state index contributed by atoms with van der Waals surface area (Å²) in [6.07, 6.45) is 0. The molecule has 3 rings (SSSR count). The Hall–Kier alpha value is -2.73. The van der Waals surface area contributed by atoms with E-state index in [4.69, 9.17) is 4.74 Å². The van der Waals surface area contributed by atoms with Gasteiger partial charge < -0.3 is 10.1 Å². The summed E-state index contributed by atoms with van der Waals surface area (Å²) in [6.45, 7) is 2.07. The Morgan fingerprint density at radius 2 is 1.88 bits per heavy atom. The number of rotatable bonds is 5. The smallest absolute Gasteiger partial charge is 0.338 e. The number of fused-ring (bicyclic) bond motifs is 1. The topological polar surface area (TPSA) is 68.3 Å². The highest BCUT2D eigenvalue weighted by atomic mass is 32.1. The second-order valence-electron chi connectivity index (χ2n) is 5.26.